The quantitative estimate of drug-likeness (QED) is 0.721. The Morgan fingerprint density at radius 2 is 2.19 bits per heavy atom. The molecule has 0 aliphatic rings. The van der Waals surface area contributed by atoms with Crippen molar-refractivity contribution >= 4 is 22.5 Å². The van der Waals surface area contributed by atoms with Crippen LogP contribution in [0.25, 0.3) is 0 Å². The summed E-state index contributed by atoms with van der Waals surface area (Å²) in [6.45, 7) is 4.71. The Hall–Kier alpha value is -1.10. The molecule has 2 N–H and O–H groups in total. The van der Waals surface area contributed by atoms with E-state index in [9.17, 15) is 4.79 Å². The molecule has 0 atom stereocenters. The van der Waals surface area contributed by atoms with E-state index in [2.05, 4.69) is 16.6 Å². The Balaban J connectivity index is 2.45. The predicted octanol–water partition coefficient (Wildman–Crippen LogP) is 3.14. The zero-order valence-electron chi connectivity index (χ0n) is 9.75. The molecule has 0 aliphatic heterocycles. The first-order valence-electron chi connectivity index (χ1n) is 5.60. The molecule has 0 spiro atoms. The van der Waals surface area contributed by atoms with Gasteiger partial charge in [0.25, 0.3) is 0 Å². The zero-order valence-corrected chi connectivity index (χ0v) is 10.6. The first kappa shape index (κ1) is 13.0. The average Bonchev–Trinajstić information content (AvgIpc) is 2.59. The molecule has 0 saturated heterocycles. The minimum absolute atomic E-state index is 0.320. The number of aromatic carboxylic acids is 1. The molecule has 1 aromatic rings. The van der Waals surface area contributed by atoms with Crippen LogP contribution in [0.2, 0.25) is 0 Å². The number of aryl methyl sites for hydroxylation is 1. The van der Waals surface area contributed by atoms with E-state index in [1.165, 1.54) is 30.8 Å². The molecule has 0 amide bonds. The van der Waals surface area contributed by atoms with Gasteiger partial charge in [0.05, 0.1) is 5.69 Å². The summed E-state index contributed by atoms with van der Waals surface area (Å²) in [5.74, 6) is -0.901. The molecule has 0 aromatic carbocycles. The smallest absolute Gasteiger partial charge is 0.340 e. The third-order valence-electron chi connectivity index (χ3n) is 2.39. The van der Waals surface area contributed by atoms with Crippen molar-refractivity contribution < 1.29 is 9.90 Å². The standard InChI is InChI=1S/C11H18N2O2S/c1-3-4-5-6-7-12-10-9(11(14)15)8(2)13-16-10/h12H,3-7H2,1-2H3,(H,14,15). The molecule has 0 radical (unpaired) electrons. The normalized spacial score (nSPS) is 10.4. The minimum Gasteiger partial charge on any atom is -0.478 e. The fraction of sp³-hybridized carbons (Fsp3) is 0.636. The molecule has 1 rings (SSSR count). The largest absolute Gasteiger partial charge is 0.478 e. The molecular weight excluding hydrogens is 224 g/mol. The van der Waals surface area contributed by atoms with E-state index < -0.39 is 5.97 Å². The van der Waals surface area contributed by atoms with Gasteiger partial charge in [-0.25, -0.2) is 4.79 Å². The average molecular weight is 242 g/mol. The first-order chi connectivity index (χ1) is 7.66. The maximum Gasteiger partial charge on any atom is 0.340 e. The van der Waals surface area contributed by atoms with Crippen LogP contribution in [-0.4, -0.2) is 22.0 Å². The summed E-state index contributed by atoms with van der Waals surface area (Å²) < 4.78 is 4.05. The van der Waals surface area contributed by atoms with Crippen molar-refractivity contribution in [1.29, 1.82) is 0 Å². The highest BCUT2D eigenvalue weighted by molar-refractivity contribution is 7.10. The van der Waals surface area contributed by atoms with Crippen LogP contribution in [0.1, 0.15) is 48.7 Å². The van der Waals surface area contributed by atoms with Crippen molar-refractivity contribution in [2.24, 2.45) is 0 Å². The van der Waals surface area contributed by atoms with Gasteiger partial charge in [0.2, 0.25) is 0 Å². The number of carboxylic acids is 1. The minimum atomic E-state index is -0.901. The second-order valence-corrected chi connectivity index (χ2v) is 4.54. The van der Waals surface area contributed by atoms with Crippen molar-refractivity contribution in [1.82, 2.24) is 4.37 Å². The van der Waals surface area contributed by atoms with Gasteiger partial charge >= 0.3 is 5.97 Å². The molecule has 90 valence electrons. The SMILES string of the molecule is CCCCCCNc1snc(C)c1C(=O)O. The number of rotatable bonds is 7. The van der Waals surface area contributed by atoms with Gasteiger partial charge in [-0.2, -0.15) is 4.37 Å². The van der Waals surface area contributed by atoms with Crippen molar-refractivity contribution in [2.45, 2.75) is 39.5 Å². The molecule has 0 bridgehead atoms. The third-order valence-corrected chi connectivity index (χ3v) is 3.29. The van der Waals surface area contributed by atoms with Crippen molar-refractivity contribution in [3.8, 4) is 0 Å². The van der Waals surface area contributed by atoms with Gasteiger partial charge in [0.15, 0.2) is 0 Å². The highest BCUT2D eigenvalue weighted by Gasteiger charge is 2.16. The lowest BCUT2D eigenvalue weighted by atomic mass is 10.2. The summed E-state index contributed by atoms with van der Waals surface area (Å²) in [5.41, 5.74) is 0.911. The molecule has 4 nitrogen and oxygen atoms in total. The Kier molecular flexibility index (Phi) is 5.25. The Labute approximate surface area is 99.9 Å². The summed E-state index contributed by atoms with van der Waals surface area (Å²) in [4.78, 5) is 11.0. The van der Waals surface area contributed by atoms with Crippen LogP contribution in [0.3, 0.4) is 0 Å². The van der Waals surface area contributed by atoms with Gasteiger partial charge in [0, 0.05) is 6.54 Å². The number of carbonyl (C=O) groups is 1. The van der Waals surface area contributed by atoms with Crippen LogP contribution < -0.4 is 5.32 Å². The van der Waals surface area contributed by atoms with Crippen LogP contribution in [0, 0.1) is 6.92 Å². The topological polar surface area (TPSA) is 62.2 Å². The van der Waals surface area contributed by atoms with E-state index in [1.54, 1.807) is 6.92 Å². The van der Waals surface area contributed by atoms with Crippen molar-refractivity contribution in [3.63, 3.8) is 0 Å². The molecular formula is C11H18N2O2S. The van der Waals surface area contributed by atoms with Gasteiger partial charge in [-0.15, -0.1) is 0 Å². The van der Waals surface area contributed by atoms with E-state index in [4.69, 9.17) is 5.11 Å². The van der Waals surface area contributed by atoms with E-state index in [1.807, 2.05) is 0 Å². The highest BCUT2D eigenvalue weighted by atomic mass is 32.1. The predicted molar refractivity (Wildman–Crippen MR) is 66.4 cm³/mol. The van der Waals surface area contributed by atoms with Crippen LogP contribution >= 0.6 is 11.5 Å². The van der Waals surface area contributed by atoms with Gasteiger partial charge in [-0.1, -0.05) is 26.2 Å². The lowest BCUT2D eigenvalue weighted by Crippen LogP contribution is -2.06. The number of anilines is 1. The zero-order chi connectivity index (χ0) is 12.0. The van der Waals surface area contributed by atoms with Gasteiger partial charge in [-0.05, 0) is 24.9 Å². The summed E-state index contributed by atoms with van der Waals surface area (Å²) >= 11 is 1.23. The summed E-state index contributed by atoms with van der Waals surface area (Å²) in [5, 5.41) is 12.8. The Bertz CT molecular complexity index is 350. The van der Waals surface area contributed by atoms with Crippen LogP contribution in [0.5, 0.6) is 0 Å². The number of unbranched alkanes of at least 4 members (excludes halogenated alkanes) is 3. The molecule has 5 heteroatoms. The fourth-order valence-electron chi connectivity index (χ4n) is 1.50. The van der Waals surface area contributed by atoms with Crippen molar-refractivity contribution in [2.75, 3.05) is 11.9 Å². The highest BCUT2D eigenvalue weighted by Crippen LogP contribution is 2.24. The molecule has 0 fully saturated rings. The van der Waals surface area contributed by atoms with Crippen LogP contribution in [0.15, 0.2) is 0 Å². The lowest BCUT2D eigenvalue weighted by molar-refractivity contribution is 0.0697. The summed E-state index contributed by atoms with van der Waals surface area (Å²) in [7, 11) is 0. The van der Waals surface area contributed by atoms with Gasteiger partial charge in [0.1, 0.15) is 10.6 Å². The molecule has 0 saturated carbocycles. The number of nitrogens with one attached hydrogen (secondary N) is 1. The van der Waals surface area contributed by atoms with Crippen LogP contribution in [0.4, 0.5) is 5.00 Å². The van der Waals surface area contributed by atoms with Crippen LogP contribution in [-0.2, 0) is 0 Å². The Morgan fingerprint density at radius 1 is 1.44 bits per heavy atom. The molecule has 16 heavy (non-hydrogen) atoms. The summed E-state index contributed by atoms with van der Waals surface area (Å²) in [6.07, 6.45) is 4.70. The monoisotopic (exact) mass is 242 g/mol. The maximum atomic E-state index is 11.0. The second kappa shape index (κ2) is 6.48. The maximum absolute atomic E-state index is 11.0. The first-order valence-corrected chi connectivity index (χ1v) is 6.37. The lowest BCUT2D eigenvalue weighted by Gasteiger charge is -2.04. The Morgan fingerprint density at radius 3 is 2.81 bits per heavy atom. The molecule has 1 aromatic heterocycles. The summed E-state index contributed by atoms with van der Waals surface area (Å²) in [6, 6.07) is 0. The molecule has 0 unspecified atom stereocenters. The van der Waals surface area contributed by atoms with E-state index in [0.717, 1.165) is 13.0 Å². The third kappa shape index (κ3) is 3.48. The number of carboxylic acid groups (broad SMARTS) is 1. The van der Waals surface area contributed by atoms with E-state index >= 15 is 0 Å². The van der Waals surface area contributed by atoms with E-state index in [-0.39, 0.29) is 0 Å². The van der Waals surface area contributed by atoms with E-state index in [0.29, 0.717) is 16.3 Å². The van der Waals surface area contributed by atoms with Gasteiger partial charge in [-0.3, -0.25) is 0 Å². The molecule has 0 aliphatic carbocycles. The van der Waals surface area contributed by atoms with Gasteiger partial charge < -0.3 is 10.4 Å². The number of hydrogen-bond donors (Lipinski definition) is 2. The number of aromatic nitrogens is 1. The van der Waals surface area contributed by atoms with Crippen molar-refractivity contribution in [3.05, 3.63) is 11.3 Å². The number of hydrogen-bond acceptors (Lipinski definition) is 4. The molecule has 1 heterocycles. The fourth-order valence-corrected chi connectivity index (χ4v) is 2.31. The number of nitrogens with zero attached hydrogens (tertiary/aromatic N) is 1. The second-order valence-electron chi connectivity index (χ2n) is 3.76.